The van der Waals surface area contributed by atoms with Gasteiger partial charge in [-0.05, 0) is 13.3 Å². The van der Waals surface area contributed by atoms with Gasteiger partial charge >= 0.3 is 12.0 Å². The molecule has 0 fully saturated rings. The zero-order valence-corrected chi connectivity index (χ0v) is 8.90. The molecule has 0 aliphatic carbocycles. The summed E-state index contributed by atoms with van der Waals surface area (Å²) in [4.78, 5) is 32.0. The lowest BCUT2D eigenvalue weighted by Crippen LogP contribution is -2.39. The van der Waals surface area contributed by atoms with Gasteiger partial charge in [0.2, 0.25) is 0 Å². The first-order chi connectivity index (χ1) is 7.56. The van der Waals surface area contributed by atoms with Crippen LogP contribution < -0.4 is 10.6 Å². The summed E-state index contributed by atoms with van der Waals surface area (Å²) < 4.78 is 0. The number of carboxylic acid groups (broad SMARTS) is 1. The van der Waals surface area contributed by atoms with Gasteiger partial charge in [-0.25, -0.2) is 9.59 Å². The van der Waals surface area contributed by atoms with Crippen molar-refractivity contribution < 1.29 is 19.5 Å². The van der Waals surface area contributed by atoms with Gasteiger partial charge in [0.05, 0.1) is 0 Å². The first-order valence-electron chi connectivity index (χ1n) is 4.67. The molecule has 3 N–H and O–H groups in total. The minimum atomic E-state index is -1.25. The van der Waals surface area contributed by atoms with E-state index in [4.69, 9.17) is 5.11 Å². The van der Waals surface area contributed by atoms with E-state index in [9.17, 15) is 14.4 Å². The fraction of sp³-hybridized carbons (Fsp3) is 0.300. The Labute approximate surface area is 93.0 Å². The minimum absolute atomic E-state index is 0.409. The molecule has 0 saturated heterocycles. The van der Waals surface area contributed by atoms with Gasteiger partial charge in [0, 0.05) is 18.7 Å². The predicted octanol–water partition coefficient (Wildman–Crippen LogP) is 0.419. The molecule has 16 heavy (non-hydrogen) atoms. The molecule has 3 amide bonds. The van der Waals surface area contributed by atoms with Crippen LogP contribution in [-0.2, 0) is 9.59 Å². The molecule has 0 aliphatic rings. The largest absolute Gasteiger partial charge is 0.478 e. The van der Waals surface area contributed by atoms with Crippen molar-refractivity contribution in [3.63, 3.8) is 0 Å². The Morgan fingerprint density at radius 1 is 1.25 bits per heavy atom. The van der Waals surface area contributed by atoms with Crippen molar-refractivity contribution in [3.8, 4) is 0 Å². The normalized spacial score (nSPS) is 10.6. The van der Waals surface area contributed by atoms with Crippen LogP contribution in [0.15, 0.2) is 24.3 Å². The fourth-order valence-electron chi connectivity index (χ4n) is 0.780. The molecule has 6 heteroatoms. The maximum atomic E-state index is 11.0. The van der Waals surface area contributed by atoms with Crippen molar-refractivity contribution in [1.29, 1.82) is 0 Å². The van der Waals surface area contributed by atoms with E-state index in [1.54, 1.807) is 0 Å². The highest BCUT2D eigenvalue weighted by molar-refractivity contribution is 6.02. The molecule has 0 unspecified atom stereocenters. The van der Waals surface area contributed by atoms with Crippen molar-refractivity contribution in [2.75, 3.05) is 6.54 Å². The smallest absolute Gasteiger partial charge is 0.328 e. The van der Waals surface area contributed by atoms with Crippen LogP contribution in [0.25, 0.3) is 0 Å². The van der Waals surface area contributed by atoms with Crippen LogP contribution in [0.5, 0.6) is 0 Å². The molecule has 0 aliphatic heterocycles. The molecular formula is C10H14N2O4. The number of hydrogen-bond donors (Lipinski definition) is 3. The lowest BCUT2D eigenvalue weighted by Gasteiger charge is -2.02. The molecule has 0 aromatic carbocycles. The SMILES string of the molecule is C/C=C/CCNC(=O)NC(=O)/C=C/C(=O)O. The second kappa shape index (κ2) is 8.22. The van der Waals surface area contributed by atoms with Gasteiger partial charge in [0.1, 0.15) is 0 Å². The van der Waals surface area contributed by atoms with Gasteiger partial charge < -0.3 is 10.4 Å². The molecule has 0 aromatic rings. The van der Waals surface area contributed by atoms with E-state index >= 15 is 0 Å². The summed E-state index contributed by atoms with van der Waals surface area (Å²) in [5.74, 6) is -2.02. The number of hydrogen-bond acceptors (Lipinski definition) is 3. The zero-order chi connectivity index (χ0) is 12.4. The van der Waals surface area contributed by atoms with Gasteiger partial charge in [-0.15, -0.1) is 0 Å². The number of carboxylic acids is 1. The number of urea groups is 1. The summed E-state index contributed by atoms with van der Waals surface area (Å²) in [6, 6.07) is -0.649. The average Bonchev–Trinajstić information content (AvgIpc) is 2.21. The van der Waals surface area contributed by atoms with Crippen LogP contribution in [0.3, 0.4) is 0 Å². The third-order valence-electron chi connectivity index (χ3n) is 1.45. The van der Waals surface area contributed by atoms with Crippen LogP contribution in [0.1, 0.15) is 13.3 Å². The average molecular weight is 226 g/mol. The van der Waals surface area contributed by atoms with Gasteiger partial charge in [-0.1, -0.05) is 12.2 Å². The molecule has 0 rings (SSSR count). The number of allylic oxidation sites excluding steroid dienone is 1. The number of nitrogens with one attached hydrogen (secondary N) is 2. The Morgan fingerprint density at radius 3 is 2.50 bits per heavy atom. The first kappa shape index (κ1) is 13.9. The van der Waals surface area contributed by atoms with Gasteiger partial charge in [0.25, 0.3) is 5.91 Å². The lowest BCUT2D eigenvalue weighted by molar-refractivity contribution is -0.131. The van der Waals surface area contributed by atoms with Crippen LogP contribution in [-0.4, -0.2) is 29.6 Å². The Morgan fingerprint density at radius 2 is 1.94 bits per heavy atom. The molecule has 0 radical (unpaired) electrons. The highest BCUT2D eigenvalue weighted by Gasteiger charge is 2.03. The maximum Gasteiger partial charge on any atom is 0.328 e. The van der Waals surface area contributed by atoms with Gasteiger partial charge in [0.15, 0.2) is 0 Å². The summed E-state index contributed by atoms with van der Waals surface area (Å²) in [7, 11) is 0. The van der Waals surface area contributed by atoms with E-state index in [0.717, 1.165) is 6.08 Å². The van der Waals surface area contributed by atoms with Crippen molar-refractivity contribution in [1.82, 2.24) is 10.6 Å². The Hall–Kier alpha value is -2.11. The monoisotopic (exact) mass is 226 g/mol. The van der Waals surface area contributed by atoms with Crippen molar-refractivity contribution in [3.05, 3.63) is 24.3 Å². The lowest BCUT2D eigenvalue weighted by atomic mass is 10.4. The molecule has 88 valence electrons. The van der Waals surface area contributed by atoms with E-state index in [1.165, 1.54) is 0 Å². The van der Waals surface area contributed by atoms with Crippen molar-refractivity contribution in [2.45, 2.75) is 13.3 Å². The summed E-state index contributed by atoms with van der Waals surface area (Å²) >= 11 is 0. The van der Waals surface area contributed by atoms with E-state index in [0.29, 0.717) is 19.0 Å². The molecular weight excluding hydrogens is 212 g/mol. The summed E-state index contributed by atoms with van der Waals surface area (Å²) in [6.45, 7) is 2.27. The highest BCUT2D eigenvalue weighted by Crippen LogP contribution is 1.80. The third-order valence-corrected chi connectivity index (χ3v) is 1.45. The molecule has 0 heterocycles. The highest BCUT2D eigenvalue weighted by atomic mass is 16.4. The molecule has 0 atom stereocenters. The van der Waals surface area contributed by atoms with E-state index < -0.39 is 17.9 Å². The van der Waals surface area contributed by atoms with Crippen LogP contribution in [0.2, 0.25) is 0 Å². The third kappa shape index (κ3) is 8.49. The summed E-state index contributed by atoms with van der Waals surface area (Å²) in [6.07, 6.45) is 5.81. The quantitative estimate of drug-likeness (QED) is 0.359. The minimum Gasteiger partial charge on any atom is -0.478 e. The molecule has 0 bridgehead atoms. The first-order valence-corrected chi connectivity index (χ1v) is 4.67. The van der Waals surface area contributed by atoms with Gasteiger partial charge in [-0.2, -0.15) is 0 Å². The summed E-state index contributed by atoms with van der Waals surface area (Å²) in [5, 5.41) is 12.6. The van der Waals surface area contributed by atoms with E-state index in [-0.39, 0.29) is 0 Å². The Balaban J connectivity index is 3.78. The number of aliphatic carboxylic acids is 1. The van der Waals surface area contributed by atoms with E-state index in [2.05, 4.69) is 5.32 Å². The topological polar surface area (TPSA) is 95.5 Å². The predicted molar refractivity (Wildman–Crippen MR) is 57.7 cm³/mol. The van der Waals surface area contributed by atoms with Crippen molar-refractivity contribution >= 4 is 17.9 Å². The standard InChI is InChI=1S/C10H14N2O4/c1-2-3-4-7-11-10(16)12-8(13)5-6-9(14)15/h2-3,5-6H,4,7H2,1H3,(H,14,15)(H2,11,12,13,16)/b3-2+,6-5+. The maximum absolute atomic E-state index is 11.0. The number of rotatable bonds is 5. The second-order valence-corrected chi connectivity index (χ2v) is 2.77. The number of carbonyl (C=O) groups is 3. The van der Waals surface area contributed by atoms with Crippen LogP contribution >= 0.6 is 0 Å². The summed E-state index contributed by atoms with van der Waals surface area (Å²) in [5.41, 5.74) is 0. The Bertz CT molecular complexity index is 321. The van der Waals surface area contributed by atoms with Crippen LogP contribution in [0, 0.1) is 0 Å². The molecule has 0 saturated carbocycles. The zero-order valence-electron chi connectivity index (χ0n) is 8.90. The number of carbonyl (C=O) groups excluding carboxylic acids is 2. The van der Waals surface area contributed by atoms with E-state index in [1.807, 2.05) is 24.4 Å². The fourth-order valence-corrected chi connectivity index (χ4v) is 0.780. The van der Waals surface area contributed by atoms with Gasteiger partial charge in [-0.3, -0.25) is 10.1 Å². The second-order valence-electron chi connectivity index (χ2n) is 2.77. The van der Waals surface area contributed by atoms with Crippen molar-refractivity contribution in [2.24, 2.45) is 0 Å². The number of amides is 3. The molecule has 0 aromatic heterocycles. The number of imide groups is 1. The van der Waals surface area contributed by atoms with Crippen LogP contribution in [0.4, 0.5) is 4.79 Å². The molecule has 6 nitrogen and oxygen atoms in total. The molecule has 0 spiro atoms. The Kier molecular flexibility index (Phi) is 7.14.